The topological polar surface area (TPSA) is 38.8 Å². The number of thiocarbonyl (C=S) groups is 1. The van der Waals surface area contributed by atoms with E-state index in [4.69, 9.17) is 21.7 Å². The van der Waals surface area contributed by atoms with E-state index in [1.165, 1.54) is 6.92 Å². The lowest BCUT2D eigenvalue weighted by molar-refractivity contribution is 0.101. The molecule has 17 heavy (non-hydrogen) atoms. The highest BCUT2D eigenvalue weighted by atomic mass is 32.1. The van der Waals surface area contributed by atoms with Gasteiger partial charge in [0.25, 0.3) is 5.17 Å². The van der Waals surface area contributed by atoms with Gasteiger partial charge in [0, 0.05) is 20.2 Å². The minimum atomic E-state index is -0.0794. The van der Waals surface area contributed by atoms with Gasteiger partial charge in [0.2, 0.25) is 0 Å². The van der Waals surface area contributed by atoms with Crippen LogP contribution in [0.4, 0.5) is 0 Å². The molecule has 0 amide bonds. The number of rotatable bonds is 3. The Morgan fingerprint density at radius 1 is 1.35 bits per heavy atom. The SMILES string of the molecule is COc1ccc(C(C)=O)c(OC(=S)N(C)C)c1. The Bertz CT molecular complexity index is 443. The standard InChI is InChI=1S/C12H15NO3S/c1-8(14)10-6-5-9(15-4)7-11(10)16-12(17)13(2)3/h5-7H,1-4H3. The molecular formula is C12H15NO3S. The zero-order valence-electron chi connectivity index (χ0n) is 10.3. The Kier molecular flexibility index (Phi) is 4.45. The van der Waals surface area contributed by atoms with Gasteiger partial charge in [-0.2, -0.15) is 0 Å². The van der Waals surface area contributed by atoms with E-state index in [1.54, 1.807) is 44.3 Å². The molecule has 1 aromatic rings. The molecule has 1 rings (SSSR count). The normalized spacial score (nSPS) is 9.65. The van der Waals surface area contributed by atoms with Gasteiger partial charge < -0.3 is 14.4 Å². The molecule has 0 bridgehead atoms. The van der Waals surface area contributed by atoms with Crippen molar-refractivity contribution < 1.29 is 14.3 Å². The number of carbonyl (C=O) groups is 1. The van der Waals surface area contributed by atoms with Crippen LogP contribution >= 0.6 is 12.2 Å². The lowest BCUT2D eigenvalue weighted by Crippen LogP contribution is -2.25. The van der Waals surface area contributed by atoms with Crippen LogP contribution in [0.2, 0.25) is 0 Å². The molecule has 4 nitrogen and oxygen atoms in total. The summed E-state index contributed by atoms with van der Waals surface area (Å²) in [6.45, 7) is 1.48. The van der Waals surface area contributed by atoms with Gasteiger partial charge in [0.05, 0.1) is 12.7 Å². The van der Waals surface area contributed by atoms with Gasteiger partial charge in [-0.15, -0.1) is 0 Å². The monoisotopic (exact) mass is 253 g/mol. The lowest BCUT2D eigenvalue weighted by Gasteiger charge is -2.16. The second kappa shape index (κ2) is 5.63. The maximum Gasteiger partial charge on any atom is 0.264 e. The highest BCUT2D eigenvalue weighted by Crippen LogP contribution is 2.25. The molecular weight excluding hydrogens is 238 g/mol. The number of hydrogen-bond acceptors (Lipinski definition) is 4. The summed E-state index contributed by atoms with van der Waals surface area (Å²) in [5, 5.41) is 0.292. The average Bonchev–Trinajstić information content (AvgIpc) is 2.28. The zero-order chi connectivity index (χ0) is 13.0. The lowest BCUT2D eigenvalue weighted by atomic mass is 10.1. The molecule has 0 saturated carbocycles. The largest absolute Gasteiger partial charge is 0.497 e. The summed E-state index contributed by atoms with van der Waals surface area (Å²) in [6.07, 6.45) is 0. The predicted molar refractivity (Wildman–Crippen MR) is 69.9 cm³/mol. The molecule has 5 heteroatoms. The maximum atomic E-state index is 11.4. The summed E-state index contributed by atoms with van der Waals surface area (Å²) in [5.74, 6) is 0.950. The van der Waals surface area contributed by atoms with E-state index in [0.29, 0.717) is 22.2 Å². The molecule has 0 unspecified atom stereocenters. The van der Waals surface area contributed by atoms with Gasteiger partial charge in [-0.25, -0.2) is 0 Å². The molecule has 0 N–H and O–H groups in total. The average molecular weight is 253 g/mol. The highest BCUT2D eigenvalue weighted by Gasteiger charge is 2.12. The molecule has 0 aliphatic heterocycles. The van der Waals surface area contributed by atoms with Gasteiger partial charge in [-0.1, -0.05) is 0 Å². The molecule has 0 heterocycles. The first-order valence-electron chi connectivity index (χ1n) is 5.03. The summed E-state index contributed by atoms with van der Waals surface area (Å²) in [7, 11) is 5.10. The van der Waals surface area contributed by atoms with Crippen LogP contribution in [-0.4, -0.2) is 37.1 Å². The molecule has 0 saturated heterocycles. The second-order valence-corrected chi connectivity index (χ2v) is 4.03. The fourth-order valence-corrected chi connectivity index (χ4v) is 1.28. The van der Waals surface area contributed by atoms with Crippen LogP contribution < -0.4 is 9.47 Å². The van der Waals surface area contributed by atoms with Crippen LogP contribution in [0.25, 0.3) is 0 Å². The number of benzene rings is 1. The van der Waals surface area contributed by atoms with Crippen LogP contribution in [0.1, 0.15) is 17.3 Å². The molecule has 0 aromatic heterocycles. The maximum absolute atomic E-state index is 11.4. The van der Waals surface area contributed by atoms with Crippen LogP contribution in [0.3, 0.4) is 0 Å². The number of Topliss-reactive ketones (excluding diaryl/α,β-unsaturated/α-hetero) is 1. The highest BCUT2D eigenvalue weighted by molar-refractivity contribution is 7.80. The van der Waals surface area contributed by atoms with Gasteiger partial charge in [-0.05, 0) is 31.3 Å². The minimum Gasteiger partial charge on any atom is -0.497 e. The Labute approximate surface area is 106 Å². The fraction of sp³-hybridized carbons (Fsp3) is 0.333. The predicted octanol–water partition coefficient (Wildman–Crippen LogP) is 2.12. The summed E-state index contributed by atoms with van der Waals surface area (Å²) < 4.78 is 10.6. The minimum absolute atomic E-state index is 0.0794. The number of hydrogen-bond donors (Lipinski definition) is 0. The van der Waals surface area contributed by atoms with E-state index in [9.17, 15) is 4.79 Å². The van der Waals surface area contributed by atoms with Gasteiger partial charge in [0.15, 0.2) is 5.78 Å². The van der Waals surface area contributed by atoms with Crippen molar-refractivity contribution in [2.45, 2.75) is 6.92 Å². The Morgan fingerprint density at radius 3 is 2.47 bits per heavy atom. The van der Waals surface area contributed by atoms with E-state index >= 15 is 0 Å². The van der Waals surface area contributed by atoms with Crippen LogP contribution in [0.15, 0.2) is 18.2 Å². The number of carbonyl (C=O) groups excluding carboxylic acids is 1. The number of nitrogens with zero attached hydrogens (tertiary/aromatic N) is 1. The molecule has 0 atom stereocenters. The number of ketones is 1. The number of methoxy groups -OCH3 is 1. The summed E-state index contributed by atoms with van der Waals surface area (Å²) >= 11 is 5.04. The Balaban J connectivity index is 3.09. The molecule has 0 radical (unpaired) electrons. The van der Waals surface area contributed by atoms with E-state index in [1.807, 2.05) is 0 Å². The third-order valence-corrected chi connectivity index (χ3v) is 2.58. The summed E-state index contributed by atoms with van der Waals surface area (Å²) in [6, 6.07) is 5.02. The molecule has 0 fully saturated rings. The Hall–Kier alpha value is -1.62. The quantitative estimate of drug-likeness (QED) is 0.609. The van der Waals surface area contributed by atoms with Gasteiger partial charge in [0.1, 0.15) is 11.5 Å². The first-order valence-corrected chi connectivity index (χ1v) is 5.44. The molecule has 0 aliphatic carbocycles. The molecule has 92 valence electrons. The Morgan fingerprint density at radius 2 is 2.00 bits per heavy atom. The smallest absolute Gasteiger partial charge is 0.264 e. The van der Waals surface area contributed by atoms with Gasteiger partial charge >= 0.3 is 0 Å². The van der Waals surface area contributed by atoms with Gasteiger partial charge in [-0.3, -0.25) is 4.79 Å². The summed E-state index contributed by atoms with van der Waals surface area (Å²) in [4.78, 5) is 13.1. The van der Waals surface area contributed by atoms with E-state index in [2.05, 4.69) is 0 Å². The van der Waals surface area contributed by atoms with Crippen molar-refractivity contribution in [2.24, 2.45) is 0 Å². The van der Waals surface area contributed by atoms with Crippen LogP contribution in [-0.2, 0) is 0 Å². The van der Waals surface area contributed by atoms with Crippen molar-refractivity contribution in [2.75, 3.05) is 21.2 Å². The third kappa shape index (κ3) is 3.42. The first-order chi connectivity index (χ1) is 7.95. The third-order valence-electron chi connectivity index (χ3n) is 2.13. The van der Waals surface area contributed by atoms with Crippen molar-refractivity contribution >= 4 is 23.2 Å². The van der Waals surface area contributed by atoms with Crippen molar-refractivity contribution in [3.05, 3.63) is 23.8 Å². The second-order valence-electron chi connectivity index (χ2n) is 3.68. The fourth-order valence-electron chi connectivity index (χ4n) is 1.19. The van der Waals surface area contributed by atoms with Crippen molar-refractivity contribution in [1.82, 2.24) is 4.90 Å². The van der Waals surface area contributed by atoms with E-state index < -0.39 is 0 Å². The molecule has 0 spiro atoms. The number of ether oxygens (including phenoxy) is 2. The zero-order valence-corrected chi connectivity index (χ0v) is 11.1. The van der Waals surface area contributed by atoms with Crippen molar-refractivity contribution in [3.63, 3.8) is 0 Å². The molecule has 1 aromatic carbocycles. The van der Waals surface area contributed by atoms with Crippen molar-refractivity contribution in [1.29, 1.82) is 0 Å². The van der Waals surface area contributed by atoms with Crippen molar-refractivity contribution in [3.8, 4) is 11.5 Å². The van der Waals surface area contributed by atoms with Crippen LogP contribution in [0.5, 0.6) is 11.5 Å². The first kappa shape index (κ1) is 13.4. The summed E-state index contributed by atoms with van der Waals surface area (Å²) in [5.41, 5.74) is 0.481. The van der Waals surface area contributed by atoms with E-state index in [0.717, 1.165) is 0 Å². The molecule has 0 aliphatic rings. The van der Waals surface area contributed by atoms with E-state index in [-0.39, 0.29) is 5.78 Å². The van der Waals surface area contributed by atoms with Crippen LogP contribution in [0, 0.1) is 0 Å².